The molecule has 2 aromatic carbocycles. The van der Waals surface area contributed by atoms with Gasteiger partial charge in [-0.25, -0.2) is 5.43 Å². The van der Waals surface area contributed by atoms with Gasteiger partial charge in [-0.05, 0) is 67.3 Å². The number of hydrogen-bond donors (Lipinski definition) is 2. The number of nitrogens with zero attached hydrogens (tertiary/aromatic N) is 1. The van der Waals surface area contributed by atoms with Crippen molar-refractivity contribution in [2.75, 3.05) is 18.1 Å². The summed E-state index contributed by atoms with van der Waals surface area (Å²) in [5.74, 6) is 2.78. The summed E-state index contributed by atoms with van der Waals surface area (Å²) >= 11 is 10.4. The van der Waals surface area contributed by atoms with E-state index >= 15 is 0 Å². The number of carbonyl (C=O) groups excluding carboxylic acids is 1. The molecule has 0 atom stereocenters. The van der Waals surface area contributed by atoms with E-state index in [0.717, 1.165) is 0 Å². The van der Waals surface area contributed by atoms with E-state index in [0.29, 0.717) is 24.8 Å². The fraction of sp³-hybridized carbons (Fsp3) is 0.222. The van der Waals surface area contributed by atoms with Crippen molar-refractivity contribution in [1.82, 2.24) is 5.43 Å². The maximum absolute atomic E-state index is 11.9. The van der Waals surface area contributed by atoms with Crippen molar-refractivity contribution < 1.29 is 14.6 Å². The molecule has 0 spiro atoms. The molecule has 0 radical (unpaired) electrons. The lowest BCUT2D eigenvalue weighted by molar-refractivity contribution is -0.123. The average molecular weight is 532 g/mol. The number of phenolic OH excluding ortho intramolecular Hbond substituents is 1. The lowest BCUT2D eigenvalue weighted by Crippen LogP contribution is -2.24. The first-order valence-corrected chi connectivity index (χ1v) is 11.7. The quantitative estimate of drug-likeness (QED) is 0.408. The van der Waals surface area contributed by atoms with Crippen LogP contribution in [0.1, 0.15) is 15.7 Å². The molecule has 27 heavy (non-hydrogen) atoms. The third-order valence-corrected chi connectivity index (χ3v) is 7.90. The number of ether oxygens (including phenoxy) is 1. The maximum atomic E-state index is 11.9. The highest BCUT2D eigenvalue weighted by Gasteiger charge is 2.17. The third kappa shape index (κ3) is 5.91. The molecule has 1 amide bonds. The van der Waals surface area contributed by atoms with Crippen LogP contribution < -0.4 is 10.2 Å². The van der Waals surface area contributed by atoms with E-state index < -0.39 is 0 Å². The number of amides is 1. The number of benzene rings is 2. The van der Waals surface area contributed by atoms with Crippen molar-refractivity contribution >= 4 is 67.5 Å². The Bertz CT molecular complexity index is 818. The fourth-order valence-corrected chi connectivity index (χ4v) is 6.37. The molecule has 0 saturated carbocycles. The number of aromatic hydroxyl groups is 1. The van der Waals surface area contributed by atoms with Crippen LogP contribution in [-0.2, 0) is 4.79 Å². The zero-order valence-corrected chi connectivity index (χ0v) is 18.8. The highest BCUT2D eigenvalue weighted by atomic mass is 79.9. The topological polar surface area (TPSA) is 70.9 Å². The van der Waals surface area contributed by atoms with Crippen molar-refractivity contribution in [1.29, 1.82) is 0 Å². The molecule has 1 fully saturated rings. The summed E-state index contributed by atoms with van der Waals surface area (Å²) in [5, 5.41) is 13.6. The molecule has 1 saturated heterocycles. The number of hydrazone groups is 1. The number of rotatable bonds is 6. The lowest BCUT2D eigenvalue weighted by Gasteiger charge is -2.10. The van der Waals surface area contributed by atoms with Gasteiger partial charge in [0.25, 0.3) is 5.91 Å². The normalized spacial score (nSPS) is 14.6. The summed E-state index contributed by atoms with van der Waals surface area (Å²) in [6.45, 7) is -0.118. The van der Waals surface area contributed by atoms with Crippen LogP contribution in [-0.4, -0.2) is 35.3 Å². The van der Waals surface area contributed by atoms with Crippen molar-refractivity contribution in [3.05, 3.63) is 56.5 Å². The molecule has 1 aliphatic rings. The van der Waals surface area contributed by atoms with Gasteiger partial charge in [-0.15, -0.1) is 23.5 Å². The van der Waals surface area contributed by atoms with Crippen LogP contribution in [0.2, 0.25) is 0 Å². The van der Waals surface area contributed by atoms with Crippen molar-refractivity contribution in [3.63, 3.8) is 0 Å². The van der Waals surface area contributed by atoms with Gasteiger partial charge in [0.05, 0.1) is 19.7 Å². The minimum absolute atomic E-state index is 0.112. The highest BCUT2D eigenvalue weighted by Crippen LogP contribution is 2.45. The third-order valence-electron chi connectivity index (χ3n) is 3.59. The van der Waals surface area contributed by atoms with Gasteiger partial charge in [-0.3, -0.25) is 4.79 Å². The van der Waals surface area contributed by atoms with E-state index in [-0.39, 0.29) is 18.3 Å². The predicted molar refractivity (Wildman–Crippen MR) is 119 cm³/mol. The van der Waals surface area contributed by atoms with Gasteiger partial charge in [0, 0.05) is 11.5 Å². The van der Waals surface area contributed by atoms with Crippen molar-refractivity contribution in [2.45, 2.75) is 4.58 Å². The SMILES string of the molecule is O=C(COc1ccc(C2SCCS2)cc1)N/N=C/c1cc(Br)c(O)c(Br)c1. The Morgan fingerprint density at radius 1 is 1.22 bits per heavy atom. The van der Waals surface area contributed by atoms with Crippen LogP contribution in [0.5, 0.6) is 11.5 Å². The lowest BCUT2D eigenvalue weighted by atomic mass is 10.2. The van der Waals surface area contributed by atoms with Gasteiger partial charge >= 0.3 is 0 Å². The van der Waals surface area contributed by atoms with Crippen LogP contribution in [0.15, 0.2) is 50.4 Å². The molecule has 2 N–H and O–H groups in total. The summed E-state index contributed by atoms with van der Waals surface area (Å²) < 4.78 is 7.06. The number of nitrogens with one attached hydrogen (secondary N) is 1. The molecule has 1 heterocycles. The molecule has 0 unspecified atom stereocenters. The first-order valence-electron chi connectivity index (χ1n) is 7.99. The van der Waals surface area contributed by atoms with Gasteiger partial charge in [0.1, 0.15) is 11.5 Å². The Hall–Kier alpha value is -1.16. The Labute approximate surface area is 182 Å². The molecule has 3 rings (SSSR count). The van der Waals surface area contributed by atoms with Crippen molar-refractivity contribution in [2.24, 2.45) is 5.10 Å². The van der Waals surface area contributed by atoms with Crippen molar-refractivity contribution in [3.8, 4) is 11.5 Å². The zero-order chi connectivity index (χ0) is 19.2. The second-order valence-electron chi connectivity index (χ2n) is 5.56. The molecular formula is C18H16Br2N2O3S2. The Balaban J connectivity index is 1.46. The van der Waals surface area contributed by atoms with Crippen LogP contribution in [0.3, 0.4) is 0 Å². The van der Waals surface area contributed by atoms with Crippen LogP contribution in [0, 0.1) is 0 Å². The Morgan fingerprint density at radius 2 is 1.85 bits per heavy atom. The molecule has 142 valence electrons. The molecular weight excluding hydrogens is 516 g/mol. The molecule has 0 aliphatic carbocycles. The maximum Gasteiger partial charge on any atom is 0.277 e. The van der Waals surface area contributed by atoms with E-state index in [1.54, 1.807) is 12.1 Å². The van der Waals surface area contributed by atoms with E-state index in [1.165, 1.54) is 23.3 Å². The monoisotopic (exact) mass is 530 g/mol. The van der Waals surface area contributed by atoms with Gasteiger partial charge < -0.3 is 9.84 Å². The molecule has 5 nitrogen and oxygen atoms in total. The number of hydrogen-bond acceptors (Lipinski definition) is 6. The summed E-state index contributed by atoms with van der Waals surface area (Å²) in [5.41, 5.74) is 4.40. The summed E-state index contributed by atoms with van der Waals surface area (Å²) in [7, 11) is 0. The Morgan fingerprint density at radius 3 is 2.48 bits per heavy atom. The van der Waals surface area contributed by atoms with Gasteiger partial charge in [-0.1, -0.05) is 12.1 Å². The first-order chi connectivity index (χ1) is 13.0. The Kier molecular flexibility index (Phi) is 7.51. The highest BCUT2D eigenvalue weighted by molar-refractivity contribution is 9.11. The number of halogens is 2. The summed E-state index contributed by atoms with van der Waals surface area (Å²) in [4.78, 5) is 11.9. The molecule has 9 heteroatoms. The van der Waals surface area contributed by atoms with E-state index in [2.05, 4.69) is 42.4 Å². The largest absolute Gasteiger partial charge is 0.506 e. The number of thioether (sulfide) groups is 2. The second-order valence-corrected chi connectivity index (χ2v) is 9.99. The minimum Gasteiger partial charge on any atom is -0.506 e. The van der Waals surface area contributed by atoms with Crippen LogP contribution in [0.25, 0.3) is 0 Å². The minimum atomic E-state index is -0.353. The van der Waals surface area contributed by atoms with Gasteiger partial charge in [-0.2, -0.15) is 5.10 Å². The molecule has 0 bridgehead atoms. The second kappa shape index (κ2) is 9.86. The number of phenols is 1. The zero-order valence-electron chi connectivity index (χ0n) is 14.0. The van der Waals surface area contributed by atoms with Crippen LogP contribution >= 0.6 is 55.4 Å². The summed E-state index contributed by atoms with van der Waals surface area (Å²) in [6.07, 6.45) is 1.48. The molecule has 0 aromatic heterocycles. The smallest absolute Gasteiger partial charge is 0.277 e. The van der Waals surface area contributed by atoms with Gasteiger partial charge in [0.15, 0.2) is 6.61 Å². The summed E-state index contributed by atoms with van der Waals surface area (Å²) in [6, 6.07) is 11.2. The van der Waals surface area contributed by atoms with Crippen LogP contribution in [0.4, 0.5) is 0 Å². The van der Waals surface area contributed by atoms with E-state index in [9.17, 15) is 9.90 Å². The predicted octanol–water partition coefficient (Wildman–Crippen LogP) is 4.92. The van der Waals surface area contributed by atoms with E-state index in [1.807, 2.05) is 47.8 Å². The van der Waals surface area contributed by atoms with E-state index in [4.69, 9.17) is 4.74 Å². The first kappa shape index (κ1) is 20.6. The molecule has 2 aromatic rings. The standard InChI is InChI=1S/C18H16Br2N2O3S2/c19-14-7-11(8-15(20)17(14)24)9-21-22-16(23)10-25-13-3-1-12(2-4-13)18-26-5-6-27-18/h1-4,7-9,18,24H,5-6,10H2,(H,22,23)/b21-9+. The number of carbonyl (C=O) groups is 1. The van der Waals surface area contributed by atoms with Gasteiger partial charge in [0.2, 0.25) is 0 Å². The molecule has 1 aliphatic heterocycles. The fourth-order valence-electron chi connectivity index (χ4n) is 2.29. The average Bonchev–Trinajstić information content (AvgIpc) is 3.19.